The van der Waals surface area contributed by atoms with Crippen LogP contribution in [-0.4, -0.2) is 83.8 Å². The number of aryl methyl sites for hydroxylation is 1. The molecule has 320 valence electrons. The van der Waals surface area contributed by atoms with Crippen molar-refractivity contribution in [1.82, 2.24) is 24.5 Å². The predicted molar refractivity (Wildman–Crippen MR) is 195 cm³/mol. The lowest BCUT2D eigenvalue weighted by molar-refractivity contribution is -0.140. The van der Waals surface area contributed by atoms with E-state index in [0.29, 0.717) is 27.7 Å². The lowest BCUT2D eigenvalue weighted by atomic mass is 10.3. The molecule has 0 atom stereocenters. The van der Waals surface area contributed by atoms with E-state index in [1.165, 1.54) is 16.7 Å². The number of imidazole rings is 1. The molecule has 0 aliphatic carbocycles. The van der Waals surface area contributed by atoms with Crippen LogP contribution in [0.5, 0.6) is 0 Å². The average Bonchev–Trinajstić information content (AvgIpc) is 3.44. The van der Waals surface area contributed by atoms with Crippen molar-refractivity contribution in [3.8, 4) is 0 Å². The number of fused-ring (bicyclic) bond motifs is 1. The number of rotatable bonds is 11. The van der Waals surface area contributed by atoms with Gasteiger partial charge in [-0.15, -0.1) is 0 Å². The molecule has 0 aromatic carbocycles. The number of carbonyl (C=O) groups excluding carboxylic acids is 1. The third-order valence-electron chi connectivity index (χ3n) is 6.09. The maximum absolute atomic E-state index is 12.1. The van der Waals surface area contributed by atoms with E-state index in [4.69, 9.17) is 67.0 Å². The molecule has 10 N–H and O–H groups in total. The SMILES string of the molecule is Nc1ccc(Cl)nc1N.Nc1nc(Cl)ccc1NCCCC(F)(F)F.O=C(O)CO.O=CCCC(F)(F)F.OCc1nc2nc(Cl)ccc2n1CCCC(F)(F)F. The van der Waals surface area contributed by atoms with E-state index in [2.05, 4.69) is 25.3 Å². The van der Waals surface area contributed by atoms with Crippen LogP contribution in [0.3, 0.4) is 0 Å². The van der Waals surface area contributed by atoms with Crippen molar-refractivity contribution >= 4 is 81.2 Å². The van der Waals surface area contributed by atoms with Gasteiger partial charge in [-0.2, -0.15) is 39.5 Å². The van der Waals surface area contributed by atoms with Crippen molar-refractivity contribution in [2.75, 3.05) is 35.7 Å². The van der Waals surface area contributed by atoms with Crippen LogP contribution in [0.4, 0.5) is 62.5 Å². The lowest BCUT2D eigenvalue weighted by Gasteiger charge is -2.09. The third kappa shape index (κ3) is 25.3. The number of alkyl halides is 9. The zero-order valence-corrected chi connectivity index (χ0v) is 31.5. The van der Waals surface area contributed by atoms with Crippen molar-refractivity contribution < 1.29 is 64.4 Å². The Morgan fingerprint density at radius 1 is 0.737 bits per heavy atom. The van der Waals surface area contributed by atoms with Gasteiger partial charge in [0.05, 0.1) is 23.3 Å². The lowest BCUT2D eigenvalue weighted by Crippen LogP contribution is -2.11. The minimum Gasteiger partial charge on any atom is -0.480 e. The highest BCUT2D eigenvalue weighted by Crippen LogP contribution is 2.25. The van der Waals surface area contributed by atoms with Gasteiger partial charge in [0.15, 0.2) is 5.65 Å². The molecule has 0 aliphatic heterocycles. The summed E-state index contributed by atoms with van der Waals surface area (Å²) in [6, 6.07) is 9.47. The Hall–Kier alpha value is -4.58. The first-order valence-electron chi connectivity index (χ1n) is 15.7. The molecule has 0 radical (unpaired) electrons. The van der Waals surface area contributed by atoms with Crippen LogP contribution >= 0.6 is 34.8 Å². The number of carboxylic acid groups (broad SMARTS) is 1. The van der Waals surface area contributed by atoms with Gasteiger partial charge in [0.25, 0.3) is 0 Å². The molecule has 4 aromatic rings. The summed E-state index contributed by atoms with van der Waals surface area (Å²) in [6.45, 7) is -0.831. The highest BCUT2D eigenvalue weighted by Gasteiger charge is 2.27. The number of carbonyl (C=O) groups is 2. The molecule has 0 saturated heterocycles. The second-order valence-electron chi connectivity index (χ2n) is 10.7. The highest BCUT2D eigenvalue weighted by atomic mass is 35.5. The Kier molecular flexibility index (Phi) is 23.6. The molecule has 0 saturated carbocycles. The van der Waals surface area contributed by atoms with Crippen molar-refractivity contribution in [1.29, 1.82) is 0 Å². The quantitative estimate of drug-likeness (QED) is 0.0335. The predicted octanol–water partition coefficient (Wildman–Crippen LogP) is 7.48. The molecule has 0 aliphatic rings. The molecule has 26 heteroatoms. The van der Waals surface area contributed by atoms with E-state index in [1.54, 1.807) is 24.3 Å². The fourth-order valence-corrected chi connectivity index (χ4v) is 4.09. The van der Waals surface area contributed by atoms with E-state index in [1.807, 2.05) is 0 Å². The highest BCUT2D eigenvalue weighted by molar-refractivity contribution is 6.30. The van der Waals surface area contributed by atoms with Gasteiger partial charge in [-0.05, 0) is 49.2 Å². The number of anilines is 4. The number of carboxylic acids is 1. The van der Waals surface area contributed by atoms with Gasteiger partial charge in [0, 0.05) is 32.4 Å². The van der Waals surface area contributed by atoms with Gasteiger partial charge < -0.3 is 47.2 Å². The van der Waals surface area contributed by atoms with E-state index in [-0.39, 0.29) is 66.6 Å². The van der Waals surface area contributed by atoms with Gasteiger partial charge in [0.2, 0.25) is 0 Å². The summed E-state index contributed by atoms with van der Waals surface area (Å²) in [4.78, 5) is 33.9. The number of aromatic nitrogens is 5. The first-order chi connectivity index (χ1) is 26.3. The summed E-state index contributed by atoms with van der Waals surface area (Å²) in [7, 11) is 0. The molecule has 0 unspecified atom stereocenters. The smallest absolute Gasteiger partial charge is 0.389 e. The molecule has 0 amide bonds. The van der Waals surface area contributed by atoms with Gasteiger partial charge in [-0.25, -0.2) is 24.7 Å². The number of aliphatic hydroxyl groups is 2. The van der Waals surface area contributed by atoms with Crippen molar-refractivity contribution in [2.24, 2.45) is 0 Å². The summed E-state index contributed by atoms with van der Waals surface area (Å²) in [5, 5.41) is 27.8. The van der Waals surface area contributed by atoms with Crippen LogP contribution in [0.1, 0.15) is 44.3 Å². The van der Waals surface area contributed by atoms with Gasteiger partial charge >= 0.3 is 24.5 Å². The summed E-state index contributed by atoms with van der Waals surface area (Å²) < 4.78 is 107. The second kappa shape index (κ2) is 25.6. The van der Waals surface area contributed by atoms with Crippen LogP contribution < -0.4 is 22.5 Å². The molecular weight excluding hydrogens is 856 g/mol. The zero-order chi connectivity index (χ0) is 44.0. The maximum atomic E-state index is 12.1. The molecule has 4 rings (SSSR count). The fraction of sp³-hybridized carbons (Fsp3) is 0.419. The molecule has 57 heavy (non-hydrogen) atoms. The number of hydrogen-bond donors (Lipinski definition) is 7. The standard InChI is InChI=1S/C11H11ClF3N3O.C9H11ClF3N3.C5H6ClN3.C4H5F3O.C2H4O3/c12-8-3-2-7-10(16-8)17-9(6-19)18(7)5-1-4-11(13,14)15;10-7-3-2-6(8(14)16-7)15-5-1-4-9(11,12)13;6-4-2-1-3(7)5(8)9-4;5-4(6,7)2-1-3-8;3-1-2(4)5/h2-3,19H,1,4-6H2;2-3,15H,1,4-5H2,(H2,14,16);1-2H,7H2,(H2,8,9);3H,1-2H2;3H,1H2,(H,4,5). The Balaban J connectivity index is 0.000000741. The second-order valence-corrected chi connectivity index (χ2v) is 11.9. The summed E-state index contributed by atoms with van der Waals surface area (Å²) in [5.41, 5.74) is 18.0. The number of halogens is 12. The van der Waals surface area contributed by atoms with Gasteiger partial charge in [-0.3, -0.25) is 0 Å². The first-order valence-corrected chi connectivity index (χ1v) is 16.9. The van der Waals surface area contributed by atoms with Gasteiger partial charge in [-0.1, -0.05) is 34.8 Å². The number of aliphatic carboxylic acids is 1. The largest absolute Gasteiger partial charge is 0.480 e. The summed E-state index contributed by atoms with van der Waals surface area (Å²) in [5.74, 6) is -0.445. The molecule has 4 heterocycles. The Bertz CT molecular complexity index is 1820. The van der Waals surface area contributed by atoms with Gasteiger partial charge in [0.1, 0.15) is 52.4 Å². The number of pyridine rings is 3. The van der Waals surface area contributed by atoms with Crippen molar-refractivity contribution in [3.05, 3.63) is 57.7 Å². The normalized spacial score (nSPS) is 11.1. The Labute approximate surface area is 333 Å². The van der Waals surface area contributed by atoms with E-state index >= 15 is 0 Å². The van der Waals surface area contributed by atoms with E-state index in [0.717, 1.165) is 0 Å². The van der Waals surface area contributed by atoms with Crippen LogP contribution in [0.2, 0.25) is 15.5 Å². The minimum absolute atomic E-state index is 0.00837. The molecule has 0 bridgehead atoms. The number of nitrogens with one attached hydrogen (secondary N) is 1. The zero-order valence-electron chi connectivity index (χ0n) is 29.3. The number of nitrogens with two attached hydrogens (primary N) is 3. The van der Waals surface area contributed by atoms with Crippen molar-refractivity contribution in [3.63, 3.8) is 0 Å². The van der Waals surface area contributed by atoms with Crippen LogP contribution in [-0.2, 0) is 22.7 Å². The number of aliphatic hydroxyl groups excluding tert-OH is 2. The number of nitrogen functional groups attached to an aromatic ring is 3. The Morgan fingerprint density at radius 3 is 1.67 bits per heavy atom. The monoisotopic (exact) mass is 891 g/mol. The average molecular weight is 893 g/mol. The van der Waals surface area contributed by atoms with Crippen LogP contribution in [0.15, 0.2) is 36.4 Å². The number of hydrogen-bond acceptors (Lipinski definition) is 12. The summed E-state index contributed by atoms with van der Waals surface area (Å²) >= 11 is 16.8. The molecule has 0 spiro atoms. The first kappa shape index (κ1) is 52.4. The molecular formula is C31H37Cl3F9N9O5. The molecule has 4 aromatic heterocycles. The summed E-state index contributed by atoms with van der Waals surface area (Å²) in [6.07, 6.45) is -15.4. The van der Waals surface area contributed by atoms with Crippen LogP contribution in [0, 0.1) is 0 Å². The molecule has 14 nitrogen and oxygen atoms in total. The molecule has 0 fully saturated rings. The van der Waals surface area contributed by atoms with E-state index in [9.17, 15) is 49.4 Å². The van der Waals surface area contributed by atoms with Crippen molar-refractivity contribution in [2.45, 2.75) is 70.2 Å². The maximum Gasteiger partial charge on any atom is 0.389 e. The third-order valence-corrected chi connectivity index (χ3v) is 6.72. The fourth-order valence-electron chi connectivity index (χ4n) is 3.64. The minimum atomic E-state index is -4.18. The Morgan fingerprint density at radius 2 is 1.23 bits per heavy atom. The van der Waals surface area contributed by atoms with Crippen LogP contribution in [0.25, 0.3) is 11.2 Å². The van der Waals surface area contributed by atoms with E-state index < -0.39 is 56.8 Å². The number of nitrogens with zero attached hydrogens (tertiary/aromatic N) is 5. The topological polar surface area (TPSA) is 241 Å². The number of aldehydes is 1.